The van der Waals surface area contributed by atoms with Gasteiger partial charge in [0.25, 0.3) is 10.1 Å². The minimum absolute atomic E-state index is 0.0227. The van der Waals surface area contributed by atoms with Crippen LogP contribution in [0.2, 0.25) is 18.1 Å². The molecule has 0 atom stereocenters. The van der Waals surface area contributed by atoms with Gasteiger partial charge in [0.15, 0.2) is 8.32 Å². The molecule has 0 saturated heterocycles. The lowest BCUT2D eigenvalue weighted by atomic mass is 10.2. The SMILES string of the molecule is CCS(=O)(=O)OC1(CO[Si](C)(C)C(C)(C)C)CC1. The Kier molecular flexibility index (Phi) is 4.38. The molecule has 4 nitrogen and oxygen atoms in total. The molecule has 0 aromatic carbocycles. The second-order valence-corrected chi connectivity index (χ2v) is 13.3. The van der Waals surface area contributed by atoms with Crippen LogP contribution in [0, 0.1) is 0 Å². The molecule has 0 spiro atoms. The molecule has 1 aliphatic carbocycles. The molecule has 0 unspecified atom stereocenters. The third-order valence-electron chi connectivity index (χ3n) is 3.97. The molecular formula is C12H26O4SSi. The van der Waals surface area contributed by atoms with Crippen LogP contribution in [0.15, 0.2) is 0 Å². The van der Waals surface area contributed by atoms with E-state index in [1.165, 1.54) is 0 Å². The van der Waals surface area contributed by atoms with E-state index in [0.29, 0.717) is 6.61 Å². The quantitative estimate of drug-likeness (QED) is 0.558. The summed E-state index contributed by atoms with van der Waals surface area (Å²) in [7, 11) is -5.22. The molecule has 0 N–H and O–H groups in total. The van der Waals surface area contributed by atoms with Gasteiger partial charge in [0.1, 0.15) is 5.60 Å². The Morgan fingerprint density at radius 2 is 1.72 bits per heavy atom. The highest BCUT2D eigenvalue weighted by Gasteiger charge is 2.50. The van der Waals surface area contributed by atoms with Crippen molar-refractivity contribution in [3.05, 3.63) is 0 Å². The standard InChI is InChI=1S/C12H26O4SSi/c1-7-17(13,14)16-12(8-9-12)10-15-18(5,6)11(2,3)4/h7-10H2,1-6H3. The zero-order valence-electron chi connectivity index (χ0n) is 12.4. The molecule has 0 aromatic heterocycles. The third-order valence-corrected chi connectivity index (χ3v) is 9.76. The molecule has 0 heterocycles. The highest BCUT2D eigenvalue weighted by Crippen LogP contribution is 2.44. The van der Waals surface area contributed by atoms with Crippen LogP contribution in [0.1, 0.15) is 40.5 Å². The minimum Gasteiger partial charge on any atom is -0.414 e. The van der Waals surface area contributed by atoms with Gasteiger partial charge in [-0.2, -0.15) is 8.42 Å². The summed E-state index contributed by atoms with van der Waals surface area (Å²) in [5.74, 6) is 0.0227. The summed E-state index contributed by atoms with van der Waals surface area (Å²) in [6, 6.07) is 0. The maximum atomic E-state index is 11.5. The normalized spacial score (nSPS) is 19.9. The maximum Gasteiger partial charge on any atom is 0.267 e. The van der Waals surface area contributed by atoms with Gasteiger partial charge in [0.05, 0.1) is 12.4 Å². The second kappa shape index (κ2) is 4.88. The lowest BCUT2D eigenvalue weighted by Crippen LogP contribution is -2.43. The largest absolute Gasteiger partial charge is 0.414 e. The molecule has 0 aliphatic heterocycles. The lowest BCUT2D eigenvalue weighted by Gasteiger charge is -2.37. The number of hydrogen-bond donors (Lipinski definition) is 0. The van der Waals surface area contributed by atoms with Crippen molar-refractivity contribution in [3.8, 4) is 0 Å². The molecule has 6 heteroatoms. The monoisotopic (exact) mass is 294 g/mol. The van der Waals surface area contributed by atoms with Crippen LogP contribution in [0.4, 0.5) is 0 Å². The molecule has 0 radical (unpaired) electrons. The first-order chi connectivity index (χ1) is 7.93. The van der Waals surface area contributed by atoms with Gasteiger partial charge in [-0.1, -0.05) is 20.8 Å². The number of rotatable bonds is 6. The van der Waals surface area contributed by atoms with E-state index in [-0.39, 0.29) is 10.8 Å². The van der Waals surface area contributed by atoms with Crippen molar-refractivity contribution in [2.24, 2.45) is 0 Å². The van der Waals surface area contributed by atoms with Crippen LogP contribution >= 0.6 is 0 Å². The average Bonchev–Trinajstić information content (AvgIpc) is 2.93. The van der Waals surface area contributed by atoms with Crippen molar-refractivity contribution in [1.29, 1.82) is 0 Å². The summed E-state index contributed by atoms with van der Waals surface area (Å²) in [5, 5.41) is 0.132. The highest BCUT2D eigenvalue weighted by molar-refractivity contribution is 7.86. The van der Waals surface area contributed by atoms with E-state index >= 15 is 0 Å². The zero-order valence-corrected chi connectivity index (χ0v) is 14.2. The molecule has 0 amide bonds. The number of hydrogen-bond acceptors (Lipinski definition) is 4. The van der Waals surface area contributed by atoms with Crippen molar-refractivity contribution < 1.29 is 17.0 Å². The fourth-order valence-electron chi connectivity index (χ4n) is 1.25. The molecule has 0 aromatic rings. The first-order valence-electron chi connectivity index (χ1n) is 6.50. The predicted octanol–water partition coefficient (Wildman–Crippen LogP) is 2.91. The van der Waals surface area contributed by atoms with Gasteiger partial charge >= 0.3 is 0 Å². The van der Waals surface area contributed by atoms with E-state index in [0.717, 1.165) is 12.8 Å². The molecular weight excluding hydrogens is 268 g/mol. The Morgan fingerprint density at radius 1 is 1.22 bits per heavy atom. The van der Waals surface area contributed by atoms with Gasteiger partial charge < -0.3 is 4.43 Å². The predicted molar refractivity (Wildman–Crippen MR) is 75.7 cm³/mol. The fourth-order valence-corrected chi connectivity index (χ4v) is 3.18. The molecule has 108 valence electrons. The molecule has 1 rings (SSSR count). The third kappa shape index (κ3) is 4.04. The molecule has 1 saturated carbocycles. The smallest absolute Gasteiger partial charge is 0.267 e. The van der Waals surface area contributed by atoms with Crippen LogP contribution < -0.4 is 0 Å². The van der Waals surface area contributed by atoms with E-state index in [1.54, 1.807) is 6.92 Å². The Bertz CT molecular complexity index is 391. The fraction of sp³-hybridized carbons (Fsp3) is 1.00. The summed E-state index contributed by atoms with van der Waals surface area (Å²) in [6.45, 7) is 12.8. The van der Waals surface area contributed by atoms with Crippen LogP contribution in [-0.2, 0) is 18.7 Å². The zero-order chi connectivity index (χ0) is 14.2. The molecule has 1 fully saturated rings. The van der Waals surface area contributed by atoms with Crippen LogP contribution in [0.25, 0.3) is 0 Å². The first kappa shape index (κ1) is 16.1. The van der Waals surface area contributed by atoms with Gasteiger partial charge in [-0.25, -0.2) is 0 Å². The van der Waals surface area contributed by atoms with Crippen molar-refractivity contribution in [1.82, 2.24) is 0 Å². The molecule has 18 heavy (non-hydrogen) atoms. The summed E-state index contributed by atoms with van der Waals surface area (Å²) in [6.07, 6.45) is 1.56. The van der Waals surface area contributed by atoms with E-state index in [9.17, 15) is 8.42 Å². The first-order valence-corrected chi connectivity index (χ1v) is 11.0. The topological polar surface area (TPSA) is 52.6 Å². The van der Waals surface area contributed by atoms with E-state index in [2.05, 4.69) is 33.9 Å². The average molecular weight is 294 g/mol. The Balaban J connectivity index is 2.59. The summed E-state index contributed by atoms with van der Waals surface area (Å²) in [4.78, 5) is 0. The van der Waals surface area contributed by atoms with Gasteiger partial charge in [0.2, 0.25) is 0 Å². The lowest BCUT2D eigenvalue weighted by molar-refractivity contribution is 0.106. The van der Waals surface area contributed by atoms with Crippen molar-refractivity contribution >= 4 is 18.4 Å². The van der Waals surface area contributed by atoms with Gasteiger partial charge in [-0.05, 0) is 37.9 Å². The second-order valence-electron chi connectivity index (χ2n) is 6.66. The Labute approximate surface area is 112 Å². The minimum atomic E-state index is -3.38. The van der Waals surface area contributed by atoms with E-state index < -0.39 is 24.0 Å². The molecule has 1 aliphatic rings. The Hall–Kier alpha value is 0.0869. The van der Waals surface area contributed by atoms with Crippen LogP contribution in [0.5, 0.6) is 0 Å². The molecule has 0 bridgehead atoms. The summed E-state index contributed by atoms with van der Waals surface area (Å²) in [5.41, 5.74) is -0.565. The van der Waals surface area contributed by atoms with Crippen molar-refractivity contribution in [2.75, 3.05) is 12.4 Å². The van der Waals surface area contributed by atoms with Crippen molar-refractivity contribution in [3.63, 3.8) is 0 Å². The van der Waals surface area contributed by atoms with Gasteiger partial charge in [-0.15, -0.1) is 0 Å². The van der Waals surface area contributed by atoms with Gasteiger partial charge in [0, 0.05) is 0 Å². The summed E-state index contributed by atoms with van der Waals surface area (Å²) < 4.78 is 34.3. The maximum absolute atomic E-state index is 11.5. The van der Waals surface area contributed by atoms with E-state index in [1.807, 2.05) is 0 Å². The summed E-state index contributed by atoms with van der Waals surface area (Å²) >= 11 is 0. The highest BCUT2D eigenvalue weighted by atomic mass is 32.2. The van der Waals surface area contributed by atoms with Gasteiger partial charge in [-0.3, -0.25) is 4.18 Å². The Morgan fingerprint density at radius 3 is 2.06 bits per heavy atom. The van der Waals surface area contributed by atoms with Crippen LogP contribution in [-0.4, -0.2) is 34.7 Å². The van der Waals surface area contributed by atoms with Crippen molar-refractivity contribution in [2.45, 2.75) is 64.3 Å². The van der Waals surface area contributed by atoms with Crippen LogP contribution in [0.3, 0.4) is 0 Å². The van der Waals surface area contributed by atoms with E-state index in [4.69, 9.17) is 8.61 Å².